The van der Waals surface area contributed by atoms with E-state index in [4.69, 9.17) is 5.73 Å². The van der Waals surface area contributed by atoms with Crippen molar-refractivity contribution >= 4 is 23.8 Å². The number of hydrogen-bond donors (Lipinski definition) is 2. The van der Waals surface area contributed by atoms with Crippen LogP contribution in [-0.4, -0.2) is 36.1 Å². The van der Waals surface area contributed by atoms with E-state index in [9.17, 15) is 14.4 Å². The van der Waals surface area contributed by atoms with Crippen LogP contribution in [0.25, 0.3) is 0 Å². The number of carbonyl (C=O) groups is 3. The SMILES string of the molecule is CC.CNC(=O)C(CCC=O)N1Cc2c(N)cccc2C1=O. The summed E-state index contributed by atoms with van der Waals surface area (Å²) in [4.78, 5) is 36.3. The van der Waals surface area contributed by atoms with Gasteiger partial charge in [0.1, 0.15) is 12.3 Å². The van der Waals surface area contributed by atoms with Crippen LogP contribution in [0.3, 0.4) is 0 Å². The average molecular weight is 305 g/mol. The maximum absolute atomic E-state index is 12.4. The molecule has 2 rings (SSSR count). The molecule has 1 unspecified atom stereocenters. The minimum atomic E-state index is -0.649. The van der Waals surface area contributed by atoms with E-state index < -0.39 is 6.04 Å². The smallest absolute Gasteiger partial charge is 0.255 e. The van der Waals surface area contributed by atoms with E-state index in [2.05, 4.69) is 5.32 Å². The Balaban J connectivity index is 0.00000116. The summed E-state index contributed by atoms with van der Waals surface area (Å²) in [6.07, 6.45) is 1.29. The Kier molecular flexibility index (Phi) is 6.56. The molecule has 1 atom stereocenters. The summed E-state index contributed by atoms with van der Waals surface area (Å²) in [6.45, 7) is 4.30. The number of amides is 2. The first-order chi connectivity index (χ1) is 10.6. The first-order valence-electron chi connectivity index (χ1n) is 7.43. The molecule has 0 saturated carbocycles. The second-order valence-electron chi connectivity index (χ2n) is 4.68. The van der Waals surface area contributed by atoms with Gasteiger partial charge in [-0.15, -0.1) is 0 Å². The van der Waals surface area contributed by atoms with Crippen LogP contribution in [0.5, 0.6) is 0 Å². The summed E-state index contributed by atoms with van der Waals surface area (Å²) in [5, 5.41) is 2.53. The van der Waals surface area contributed by atoms with E-state index >= 15 is 0 Å². The zero-order valence-corrected chi connectivity index (χ0v) is 13.3. The van der Waals surface area contributed by atoms with Gasteiger partial charge in [-0.25, -0.2) is 0 Å². The van der Waals surface area contributed by atoms with Gasteiger partial charge < -0.3 is 20.7 Å². The van der Waals surface area contributed by atoms with E-state index in [0.717, 1.165) is 11.8 Å². The third-order valence-corrected chi connectivity index (χ3v) is 3.52. The molecule has 2 amide bonds. The zero-order chi connectivity index (χ0) is 16.7. The molecule has 0 aliphatic carbocycles. The number of benzene rings is 1. The van der Waals surface area contributed by atoms with Gasteiger partial charge in [-0.1, -0.05) is 19.9 Å². The van der Waals surface area contributed by atoms with Crippen LogP contribution in [0.4, 0.5) is 5.69 Å². The Morgan fingerprint density at radius 3 is 2.68 bits per heavy atom. The summed E-state index contributed by atoms with van der Waals surface area (Å²) >= 11 is 0. The van der Waals surface area contributed by atoms with Gasteiger partial charge in [0.25, 0.3) is 5.91 Å². The molecule has 0 radical (unpaired) electrons. The van der Waals surface area contributed by atoms with E-state index in [1.54, 1.807) is 18.2 Å². The molecule has 0 fully saturated rings. The fourth-order valence-corrected chi connectivity index (χ4v) is 2.45. The molecule has 1 heterocycles. The topological polar surface area (TPSA) is 92.5 Å². The molecule has 6 nitrogen and oxygen atoms in total. The van der Waals surface area contributed by atoms with Gasteiger partial charge in [-0.05, 0) is 18.6 Å². The largest absolute Gasteiger partial charge is 0.398 e. The Bertz CT molecular complexity index is 558. The van der Waals surface area contributed by atoms with Crippen molar-refractivity contribution in [1.82, 2.24) is 10.2 Å². The number of rotatable bonds is 5. The van der Waals surface area contributed by atoms with Crippen molar-refractivity contribution in [3.05, 3.63) is 29.3 Å². The van der Waals surface area contributed by atoms with E-state index in [1.165, 1.54) is 11.9 Å². The van der Waals surface area contributed by atoms with Crippen LogP contribution < -0.4 is 11.1 Å². The highest BCUT2D eigenvalue weighted by Crippen LogP contribution is 2.29. The molecule has 120 valence electrons. The molecule has 6 heteroatoms. The number of likely N-dealkylation sites (N-methyl/N-ethyl adjacent to an activating group) is 1. The number of aldehydes is 1. The predicted octanol–water partition coefficient (Wildman–Crippen LogP) is 1.34. The third-order valence-electron chi connectivity index (χ3n) is 3.52. The van der Waals surface area contributed by atoms with E-state index in [-0.39, 0.29) is 18.2 Å². The summed E-state index contributed by atoms with van der Waals surface area (Å²) in [5.41, 5.74) is 7.70. The van der Waals surface area contributed by atoms with Gasteiger partial charge in [0.05, 0.1) is 0 Å². The van der Waals surface area contributed by atoms with Gasteiger partial charge in [0, 0.05) is 36.8 Å². The van der Waals surface area contributed by atoms with Crippen LogP contribution in [0.15, 0.2) is 18.2 Å². The van der Waals surface area contributed by atoms with Crippen LogP contribution in [0.1, 0.15) is 42.6 Å². The summed E-state index contributed by atoms with van der Waals surface area (Å²) in [7, 11) is 1.51. The first kappa shape index (κ1) is 17.7. The normalized spacial score (nSPS) is 13.8. The van der Waals surface area contributed by atoms with Crippen molar-refractivity contribution in [2.45, 2.75) is 39.3 Å². The lowest BCUT2D eigenvalue weighted by Gasteiger charge is -2.25. The van der Waals surface area contributed by atoms with Crippen LogP contribution in [0.2, 0.25) is 0 Å². The first-order valence-corrected chi connectivity index (χ1v) is 7.43. The van der Waals surface area contributed by atoms with Crippen LogP contribution in [-0.2, 0) is 16.1 Å². The van der Waals surface area contributed by atoms with E-state index in [1.807, 2.05) is 13.8 Å². The Morgan fingerprint density at radius 2 is 2.14 bits per heavy atom. The number of nitrogens with two attached hydrogens (primary N) is 1. The summed E-state index contributed by atoms with van der Waals surface area (Å²) in [6, 6.07) is 4.50. The molecule has 1 aromatic rings. The van der Waals surface area contributed by atoms with Crippen LogP contribution in [0, 0.1) is 0 Å². The maximum Gasteiger partial charge on any atom is 0.255 e. The van der Waals surface area contributed by atoms with Gasteiger partial charge >= 0.3 is 0 Å². The quantitative estimate of drug-likeness (QED) is 0.634. The van der Waals surface area contributed by atoms with E-state index in [0.29, 0.717) is 24.2 Å². The molecule has 0 spiro atoms. The Labute approximate surface area is 130 Å². The zero-order valence-electron chi connectivity index (χ0n) is 13.3. The predicted molar refractivity (Wildman–Crippen MR) is 85.2 cm³/mol. The van der Waals surface area contributed by atoms with Gasteiger partial charge in [0.15, 0.2) is 0 Å². The number of fused-ring (bicyclic) bond motifs is 1. The van der Waals surface area contributed by atoms with Crippen molar-refractivity contribution in [3.8, 4) is 0 Å². The minimum Gasteiger partial charge on any atom is -0.398 e. The Morgan fingerprint density at radius 1 is 1.45 bits per heavy atom. The maximum atomic E-state index is 12.4. The van der Waals surface area contributed by atoms with Crippen molar-refractivity contribution < 1.29 is 14.4 Å². The minimum absolute atomic E-state index is 0.216. The number of nitrogens with one attached hydrogen (secondary N) is 1. The molecular formula is C16H23N3O3. The molecule has 3 N–H and O–H groups in total. The van der Waals surface area contributed by atoms with Crippen molar-refractivity contribution in [2.75, 3.05) is 12.8 Å². The summed E-state index contributed by atoms with van der Waals surface area (Å²) in [5.74, 6) is -0.488. The fraction of sp³-hybridized carbons (Fsp3) is 0.438. The molecule has 1 aliphatic heterocycles. The average Bonchev–Trinajstić information content (AvgIpc) is 2.88. The van der Waals surface area contributed by atoms with Crippen LogP contribution >= 0.6 is 0 Å². The monoisotopic (exact) mass is 305 g/mol. The van der Waals surface area contributed by atoms with Gasteiger partial charge in [0.2, 0.25) is 5.91 Å². The Hall–Kier alpha value is -2.37. The molecule has 1 aliphatic rings. The molecule has 1 aromatic carbocycles. The third kappa shape index (κ3) is 3.44. The number of carbonyl (C=O) groups excluding carboxylic acids is 3. The second-order valence-corrected chi connectivity index (χ2v) is 4.68. The van der Waals surface area contributed by atoms with Gasteiger partial charge in [-0.2, -0.15) is 0 Å². The lowest BCUT2D eigenvalue weighted by atomic mass is 10.1. The second kappa shape index (κ2) is 8.17. The highest BCUT2D eigenvalue weighted by Gasteiger charge is 2.36. The molecular weight excluding hydrogens is 282 g/mol. The molecule has 22 heavy (non-hydrogen) atoms. The highest BCUT2D eigenvalue weighted by atomic mass is 16.2. The molecule has 0 saturated heterocycles. The summed E-state index contributed by atoms with van der Waals surface area (Å²) < 4.78 is 0. The number of nitrogens with zero attached hydrogens (tertiary/aromatic N) is 1. The van der Waals surface area contributed by atoms with Crippen molar-refractivity contribution in [3.63, 3.8) is 0 Å². The van der Waals surface area contributed by atoms with Gasteiger partial charge in [-0.3, -0.25) is 9.59 Å². The molecule has 0 bridgehead atoms. The molecule has 0 aromatic heterocycles. The van der Waals surface area contributed by atoms with Crippen molar-refractivity contribution in [2.24, 2.45) is 0 Å². The lowest BCUT2D eigenvalue weighted by Crippen LogP contribution is -2.46. The lowest BCUT2D eigenvalue weighted by molar-refractivity contribution is -0.125. The standard InChI is InChI=1S/C14H17N3O3.C2H6/c1-16-13(19)12(6-3-7-18)17-8-10-9(14(17)20)4-2-5-11(10)15;1-2/h2,4-5,7,12H,3,6,8,15H2,1H3,(H,16,19);1-2H3. The highest BCUT2D eigenvalue weighted by molar-refractivity contribution is 6.02. The number of nitrogen functional groups attached to an aromatic ring is 1. The van der Waals surface area contributed by atoms with Crippen molar-refractivity contribution in [1.29, 1.82) is 0 Å². The fourth-order valence-electron chi connectivity index (χ4n) is 2.45. The number of anilines is 1. The number of hydrogen-bond acceptors (Lipinski definition) is 4.